The van der Waals surface area contributed by atoms with Crippen LogP contribution in [-0.4, -0.2) is 5.84 Å². The molecule has 0 aliphatic carbocycles. The van der Waals surface area contributed by atoms with Crippen LogP contribution in [0.15, 0.2) is 40.9 Å². The van der Waals surface area contributed by atoms with Crippen molar-refractivity contribution in [2.24, 2.45) is 0 Å². The topological polar surface area (TPSA) is 27.1 Å². The maximum atomic E-state index is 13.3. The van der Waals surface area contributed by atoms with Gasteiger partial charge in [0, 0.05) is 10.0 Å². The van der Waals surface area contributed by atoms with Gasteiger partial charge in [-0.15, -0.1) is 0 Å². The van der Waals surface area contributed by atoms with Crippen LogP contribution in [0.4, 0.5) is 10.1 Å². The molecular formula is C14H9BrClFN2. The summed E-state index contributed by atoms with van der Waals surface area (Å²) in [6, 6.07) is 10.3. The number of nitrogens with zero attached hydrogens (tertiary/aromatic N) is 1. The zero-order chi connectivity index (χ0) is 13.6. The molecule has 0 aromatic heterocycles. The van der Waals surface area contributed by atoms with Gasteiger partial charge in [-0.3, -0.25) is 5.41 Å². The van der Waals surface area contributed by atoms with Gasteiger partial charge in [-0.25, -0.2) is 4.39 Å². The first kappa shape index (κ1) is 12.6. The van der Waals surface area contributed by atoms with E-state index < -0.39 is 5.82 Å². The number of rotatable bonds is 1. The second-order valence-corrected chi connectivity index (χ2v) is 5.57. The summed E-state index contributed by atoms with van der Waals surface area (Å²) in [5.74, 6) is -0.0197. The molecule has 0 amide bonds. The van der Waals surface area contributed by atoms with Gasteiger partial charge in [0.25, 0.3) is 0 Å². The minimum atomic E-state index is -0.399. The van der Waals surface area contributed by atoms with Gasteiger partial charge >= 0.3 is 0 Å². The molecule has 0 saturated carbocycles. The number of hydrogen-bond donors (Lipinski definition) is 1. The lowest BCUT2D eigenvalue weighted by Crippen LogP contribution is -2.23. The van der Waals surface area contributed by atoms with Crippen LogP contribution in [0.3, 0.4) is 0 Å². The third kappa shape index (κ3) is 2.05. The summed E-state index contributed by atoms with van der Waals surface area (Å²) in [4.78, 5) is 1.77. The number of benzene rings is 2. The summed E-state index contributed by atoms with van der Waals surface area (Å²) in [5.41, 5.74) is 2.58. The normalized spacial score (nSPS) is 13.8. The van der Waals surface area contributed by atoms with Crippen LogP contribution in [0.5, 0.6) is 0 Å². The molecule has 2 aromatic carbocycles. The van der Waals surface area contributed by atoms with Crippen molar-refractivity contribution in [1.29, 1.82) is 5.41 Å². The van der Waals surface area contributed by atoms with E-state index in [1.54, 1.807) is 4.90 Å². The number of amidine groups is 1. The third-order valence-corrected chi connectivity index (χ3v) is 4.02. The van der Waals surface area contributed by atoms with Gasteiger partial charge in [0.05, 0.1) is 17.3 Å². The maximum absolute atomic E-state index is 13.3. The van der Waals surface area contributed by atoms with Gasteiger partial charge in [0.15, 0.2) is 0 Å². The summed E-state index contributed by atoms with van der Waals surface area (Å²) >= 11 is 9.43. The van der Waals surface area contributed by atoms with E-state index in [1.807, 2.05) is 24.3 Å². The van der Waals surface area contributed by atoms with Crippen LogP contribution < -0.4 is 4.90 Å². The van der Waals surface area contributed by atoms with Crippen LogP contribution >= 0.6 is 27.5 Å². The van der Waals surface area contributed by atoms with Gasteiger partial charge in [0.1, 0.15) is 11.7 Å². The quantitative estimate of drug-likeness (QED) is 0.808. The van der Waals surface area contributed by atoms with Gasteiger partial charge in [0.2, 0.25) is 0 Å². The molecule has 1 aliphatic rings. The van der Waals surface area contributed by atoms with E-state index in [2.05, 4.69) is 15.9 Å². The summed E-state index contributed by atoms with van der Waals surface area (Å²) in [6.07, 6.45) is 0. The van der Waals surface area contributed by atoms with E-state index in [-0.39, 0.29) is 0 Å². The maximum Gasteiger partial charge on any atom is 0.133 e. The van der Waals surface area contributed by atoms with Crippen LogP contribution in [0.1, 0.15) is 11.1 Å². The molecule has 1 N–H and O–H groups in total. The van der Waals surface area contributed by atoms with Gasteiger partial charge in [-0.1, -0.05) is 35.9 Å². The van der Waals surface area contributed by atoms with Crippen molar-refractivity contribution >= 4 is 39.1 Å². The molecular weight excluding hydrogens is 331 g/mol. The minimum absolute atomic E-state index is 0.296. The highest BCUT2D eigenvalue weighted by molar-refractivity contribution is 9.10. The Labute approximate surface area is 123 Å². The molecule has 1 heterocycles. The monoisotopic (exact) mass is 338 g/mol. The molecule has 0 saturated heterocycles. The predicted octanol–water partition coefficient (Wildman–Crippen LogP) is 4.59. The molecule has 1 aliphatic heterocycles. The largest absolute Gasteiger partial charge is 0.320 e. The van der Waals surface area contributed by atoms with Crippen molar-refractivity contribution in [1.82, 2.24) is 0 Å². The lowest BCUT2D eigenvalue weighted by molar-refractivity contribution is 0.627. The fourth-order valence-corrected chi connectivity index (χ4v) is 3.34. The Bertz CT molecular complexity index is 664. The average molecular weight is 340 g/mol. The zero-order valence-electron chi connectivity index (χ0n) is 9.75. The van der Waals surface area contributed by atoms with E-state index in [0.717, 1.165) is 11.1 Å². The first-order chi connectivity index (χ1) is 9.08. The Morgan fingerprint density at radius 1 is 1.26 bits per heavy atom. The second kappa shape index (κ2) is 4.62. The SMILES string of the molecule is N=C1c2ccccc2CN1c1c(Cl)cc(F)cc1Br. The van der Waals surface area contributed by atoms with E-state index >= 15 is 0 Å². The number of hydrogen-bond acceptors (Lipinski definition) is 1. The lowest BCUT2D eigenvalue weighted by atomic mass is 10.1. The van der Waals surface area contributed by atoms with Gasteiger partial charge in [-0.05, 0) is 33.6 Å². The van der Waals surface area contributed by atoms with Crippen molar-refractivity contribution in [2.75, 3.05) is 4.90 Å². The molecule has 0 unspecified atom stereocenters. The molecule has 0 spiro atoms. The molecule has 2 aromatic rings. The van der Waals surface area contributed by atoms with Crippen molar-refractivity contribution < 1.29 is 4.39 Å². The molecule has 0 bridgehead atoms. The Morgan fingerprint density at radius 3 is 2.68 bits per heavy atom. The van der Waals surface area contributed by atoms with Gasteiger partial charge in [-0.2, -0.15) is 0 Å². The Kier molecular flexibility index (Phi) is 3.07. The first-order valence-corrected chi connectivity index (χ1v) is 6.84. The van der Waals surface area contributed by atoms with Gasteiger partial charge < -0.3 is 4.90 Å². The molecule has 0 radical (unpaired) electrons. The fraction of sp³-hybridized carbons (Fsp3) is 0.0714. The first-order valence-electron chi connectivity index (χ1n) is 5.67. The van der Waals surface area contributed by atoms with Crippen LogP contribution in [0.25, 0.3) is 0 Å². The summed E-state index contributed by atoms with van der Waals surface area (Å²) in [5, 5.41) is 8.52. The summed E-state index contributed by atoms with van der Waals surface area (Å²) in [7, 11) is 0. The van der Waals surface area contributed by atoms with E-state index in [0.29, 0.717) is 27.6 Å². The average Bonchev–Trinajstić information content (AvgIpc) is 2.66. The molecule has 19 heavy (non-hydrogen) atoms. The smallest absolute Gasteiger partial charge is 0.133 e. The second-order valence-electron chi connectivity index (χ2n) is 4.31. The number of fused-ring (bicyclic) bond motifs is 1. The third-order valence-electron chi connectivity index (χ3n) is 3.12. The van der Waals surface area contributed by atoms with Crippen molar-refractivity contribution in [3.8, 4) is 0 Å². The number of halogens is 3. The fourth-order valence-electron chi connectivity index (χ4n) is 2.27. The highest BCUT2D eigenvalue weighted by Crippen LogP contribution is 2.39. The molecule has 3 rings (SSSR count). The molecule has 96 valence electrons. The number of nitrogens with one attached hydrogen (secondary N) is 1. The van der Waals surface area contributed by atoms with Crippen LogP contribution in [0, 0.1) is 11.2 Å². The van der Waals surface area contributed by atoms with Crippen LogP contribution in [0.2, 0.25) is 5.02 Å². The van der Waals surface area contributed by atoms with E-state index in [9.17, 15) is 4.39 Å². The highest BCUT2D eigenvalue weighted by Gasteiger charge is 2.28. The zero-order valence-corrected chi connectivity index (χ0v) is 12.1. The molecule has 5 heteroatoms. The van der Waals surface area contributed by atoms with E-state index in [4.69, 9.17) is 17.0 Å². The molecule has 2 nitrogen and oxygen atoms in total. The Morgan fingerprint density at radius 2 is 2.00 bits per heavy atom. The summed E-state index contributed by atoms with van der Waals surface area (Å²) < 4.78 is 13.8. The van der Waals surface area contributed by atoms with E-state index in [1.165, 1.54) is 12.1 Å². The Hall–Kier alpha value is -1.39. The number of anilines is 1. The standard InChI is InChI=1S/C14H9BrClFN2/c15-11-5-9(17)6-12(16)13(11)19-7-8-3-1-2-4-10(8)14(19)18/h1-6,18H,7H2. The highest BCUT2D eigenvalue weighted by atomic mass is 79.9. The van der Waals surface area contributed by atoms with Crippen molar-refractivity contribution in [3.05, 3.63) is 62.8 Å². The predicted molar refractivity (Wildman–Crippen MR) is 78.6 cm³/mol. The van der Waals surface area contributed by atoms with Crippen LogP contribution in [-0.2, 0) is 6.54 Å². The van der Waals surface area contributed by atoms with Crippen molar-refractivity contribution in [2.45, 2.75) is 6.54 Å². The summed E-state index contributed by atoms with van der Waals surface area (Å²) in [6.45, 7) is 0.568. The van der Waals surface area contributed by atoms with Crippen molar-refractivity contribution in [3.63, 3.8) is 0 Å². The molecule has 0 fully saturated rings. The minimum Gasteiger partial charge on any atom is -0.320 e. The Balaban J connectivity index is 2.10. The molecule has 0 atom stereocenters. The lowest BCUT2D eigenvalue weighted by Gasteiger charge is -2.21.